The van der Waals surface area contributed by atoms with Crippen molar-refractivity contribution in [3.8, 4) is 0 Å². The Morgan fingerprint density at radius 3 is 2.63 bits per heavy atom. The zero-order chi connectivity index (χ0) is 14.3. The Kier molecular flexibility index (Phi) is 6.63. The van der Waals surface area contributed by atoms with E-state index in [0.29, 0.717) is 11.7 Å². The fraction of sp³-hybridized carbons (Fsp3) is 0.800. The molecule has 9 heteroatoms. The Labute approximate surface area is 118 Å². The second-order valence-corrected chi connectivity index (χ2v) is 6.83. The molecule has 0 saturated carbocycles. The topological polar surface area (TPSA) is 87.2 Å². The van der Waals surface area contributed by atoms with Crippen LogP contribution < -0.4 is 10.0 Å². The Balaban J connectivity index is 2.50. The number of anilines is 1. The van der Waals surface area contributed by atoms with Gasteiger partial charge in [-0.3, -0.25) is 0 Å². The number of aryl methyl sites for hydroxylation is 1. The Bertz CT molecular complexity index is 474. The van der Waals surface area contributed by atoms with Crippen LogP contribution in [-0.2, 0) is 16.6 Å². The van der Waals surface area contributed by atoms with Crippen molar-refractivity contribution in [2.75, 3.05) is 31.4 Å². The molecule has 0 saturated heterocycles. The lowest BCUT2D eigenvalue weighted by molar-refractivity contribution is 0.459. The molecule has 0 aliphatic heterocycles. The minimum absolute atomic E-state index is 0.315. The summed E-state index contributed by atoms with van der Waals surface area (Å²) < 4.78 is 27.7. The van der Waals surface area contributed by atoms with Gasteiger partial charge in [-0.1, -0.05) is 25.2 Å². The lowest BCUT2D eigenvalue weighted by atomic mass is 10.4. The van der Waals surface area contributed by atoms with E-state index in [-0.39, 0.29) is 0 Å². The van der Waals surface area contributed by atoms with Crippen molar-refractivity contribution < 1.29 is 8.42 Å². The highest BCUT2D eigenvalue weighted by molar-refractivity contribution is 7.90. The molecule has 1 aromatic heterocycles. The van der Waals surface area contributed by atoms with E-state index in [2.05, 4.69) is 20.2 Å². The molecule has 2 N–H and O–H groups in total. The van der Waals surface area contributed by atoms with Gasteiger partial charge >= 0.3 is 10.2 Å². The minimum atomic E-state index is -3.53. The van der Waals surface area contributed by atoms with E-state index in [4.69, 9.17) is 0 Å². The molecule has 0 aromatic carbocycles. The van der Waals surface area contributed by atoms with Crippen LogP contribution in [0.3, 0.4) is 0 Å². The molecule has 19 heavy (non-hydrogen) atoms. The highest BCUT2D eigenvalue weighted by atomic mass is 32.2. The summed E-state index contributed by atoms with van der Waals surface area (Å²) in [7, 11) is -1.98. The molecule has 110 valence electrons. The van der Waals surface area contributed by atoms with Crippen LogP contribution in [0.15, 0.2) is 0 Å². The van der Waals surface area contributed by atoms with Crippen molar-refractivity contribution in [3.05, 3.63) is 5.01 Å². The van der Waals surface area contributed by atoms with Gasteiger partial charge in [-0.05, 0) is 25.9 Å². The molecule has 0 spiro atoms. The van der Waals surface area contributed by atoms with Crippen molar-refractivity contribution in [2.45, 2.75) is 26.7 Å². The molecule has 0 bridgehead atoms. The first kappa shape index (κ1) is 16.3. The van der Waals surface area contributed by atoms with Crippen molar-refractivity contribution in [3.63, 3.8) is 0 Å². The molecule has 1 rings (SSSR count). The van der Waals surface area contributed by atoms with Crippen molar-refractivity contribution in [1.82, 2.24) is 19.8 Å². The molecule has 0 fully saturated rings. The van der Waals surface area contributed by atoms with E-state index in [1.54, 1.807) is 7.05 Å². The van der Waals surface area contributed by atoms with Gasteiger partial charge in [0, 0.05) is 13.6 Å². The molecule has 1 aromatic rings. The fourth-order valence-corrected chi connectivity index (χ4v) is 3.15. The van der Waals surface area contributed by atoms with Crippen LogP contribution in [0.2, 0.25) is 0 Å². The second-order valence-electron chi connectivity index (χ2n) is 3.99. The fourth-order valence-electron chi connectivity index (χ4n) is 1.35. The maximum absolute atomic E-state index is 12.0. The summed E-state index contributed by atoms with van der Waals surface area (Å²) in [5.41, 5.74) is 0. The number of hydrogen-bond acceptors (Lipinski definition) is 6. The first-order valence-corrected chi connectivity index (χ1v) is 8.52. The summed E-state index contributed by atoms with van der Waals surface area (Å²) in [6.07, 6.45) is 1.51. The number of nitrogens with one attached hydrogen (secondary N) is 2. The van der Waals surface area contributed by atoms with Crippen LogP contribution in [0.25, 0.3) is 0 Å². The highest BCUT2D eigenvalue weighted by Gasteiger charge is 2.19. The number of nitrogens with zero attached hydrogens (tertiary/aromatic N) is 3. The summed E-state index contributed by atoms with van der Waals surface area (Å²) in [5.74, 6) is 0. The number of aromatic nitrogens is 2. The molecule has 0 amide bonds. The van der Waals surface area contributed by atoms with Crippen LogP contribution in [0.1, 0.15) is 25.3 Å². The zero-order valence-electron chi connectivity index (χ0n) is 11.5. The third kappa shape index (κ3) is 5.39. The van der Waals surface area contributed by atoms with Crippen LogP contribution >= 0.6 is 11.3 Å². The Morgan fingerprint density at radius 1 is 1.32 bits per heavy atom. The summed E-state index contributed by atoms with van der Waals surface area (Å²) in [6, 6.07) is 0. The predicted molar refractivity (Wildman–Crippen MR) is 77.6 cm³/mol. The Hall–Kier alpha value is -0.770. The summed E-state index contributed by atoms with van der Waals surface area (Å²) in [6.45, 7) is 6.12. The van der Waals surface area contributed by atoms with Crippen LogP contribution in [0, 0.1) is 0 Å². The van der Waals surface area contributed by atoms with Crippen molar-refractivity contribution in [1.29, 1.82) is 0 Å². The average molecular weight is 307 g/mol. The second kappa shape index (κ2) is 7.73. The minimum Gasteiger partial charge on any atom is -0.317 e. The van der Waals surface area contributed by atoms with Crippen molar-refractivity contribution >= 4 is 26.7 Å². The molecule has 0 aliphatic carbocycles. The van der Waals surface area contributed by atoms with E-state index in [9.17, 15) is 8.42 Å². The van der Waals surface area contributed by atoms with Gasteiger partial charge < -0.3 is 5.32 Å². The largest absolute Gasteiger partial charge is 0.317 e. The average Bonchev–Trinajstić information content (AvgIpc) is 2.81. The number of hydrogen-bond donors (Lipinski definition) is 2. The van der Waals surface area contributed by atoms with Gasteiger partial charge in [-0.2, -0.15) is 12.7 Å². The van der Waals surface area contributed by atoms with Crippen LogP contribution in [0.5, 0.6) is 0 Å². The van der Waals surface area contributed by atoms with Crippen LogP contribution in [0.4, 0.5) is 5.13 Å². The standard InChI is InChI=1S/C10H21N5O2S2/c1-4-9-12-13-10(18-9)14-19(16,17)15(3)8-6-7-11-5-2/h11H,4-8H2,1-3H3,(H,13,14). The van der Waals surface area contributed by atoms with Crippen LogP contribution in [-0.4, -0.2) is 49.6 Å². The Morgan fingerprint density at radius 2 is 2.05 bits per heavy atom. The SMILES string of the molecule is CCNCCCN(C)S(=O)(=O)Nc1nnc(CC)s1. The molecule has 1 heterocycles. The predicted octanol–water partition coefficient (Wildman–Crippen LogP) is 0.689. The van der Waals surface area contributed by atoms with Gasteiger partial charge in [0.2, 0.25) is 5.13 Å². The molecular weight excluding hydrogens is 286 g/mol. The quantitative estimate of drug-likeness (QED) is 0.655. The van der Waals surface area contributed by atoms with E-state index < -0.39 is 10.2 Å². The van der Waals surface area contributed by atoms with E-state index in [1.807, 2.05) is 13.8 Å². The van der Waals surface area contributed by atoms with Crippen molar-refractivity contribution in [2.24, 2.45) is 0 Å². The van der Waals surface area contributed by atoms with E-state index >= 15 is 0 Å². The molecule has 0 aliphatic rings. The highest BCUT2D eigenvalue weighted by Crippen LogP contribution is 2.17. The lowest BCUT2D eigenvalue weighted by Crippen LogP contribution is -2.34. The smallest absolute Gasteiger partial charge is 0.303 e. The van der Waals surface area contributed by atoms with E-state index in [1.165, 1.54) is 15.6 Å². The third-order valence-electron chi connectivity index (χ3n) is 2.47. The first-order chi connectivity index (χ1) is 8.99. The molecule has 7 nitrogen and oxygen atoms in total. The monoisotopic (exact) mass is 307 g/mol. The molecular formula is C10H21N5O2S2. The van der Waals surface area contributed by atoms with Gasteiger partial charge in [0.25, 0.3) is 0 Å². The third-order valence-corrected chi connectivity index (χ3v) is 5.04. The van der Waals surface area contributed by atoms with Gasteiger partial charge in [-0.25, -0.2) is 4.72 Å². The van der Waals surface area contributed by atoms with Gasteiger partial charge in [0.05, 0.1) is 0 Å². The van der Waals surface area contributed by atoms with Gasteiger partial charge in [0.1, 0.15) is 5.01 Å². The zero-order valence-corrected chi connectivity index (χ0v) is 13.1. The van der Waals surface area contributed by atoms with Gasteiger partial charge in [0.15, 0.2) is 0 Å². The lowest BCUT2D eigenvalue weighted by Gasteiger charge is -2.16. The summed E-state index contributed by atoms with van der Waals surface area (Å²) >= 11 is 1.26. The van der Waals surface area contributed by atoms with E-state index in [0.717, 1.165) is 30.9 Å². The first-order valence-electron chi connectivity index (χ1n) is 6.26. The molecule has 0 unspecified atom stereocenters. The normalized spacial score (nSPS) is 12.0. The van der Waals surface area contributed by atoms with Gasteiger partial charge in [-0.15, -0.1) is 10.2 Å². The number of rotatable bonds is 9. The summed E-state index contributed by atoms with van der Waals surface area (Å²) in [5, 5.41) is 12.0. The molecule has 0 atom stereocenters. The maximum Gasteiger partial charge on any atom is 0.303 e. The molecule has 0 radical (unpaired) electrons. The maximum atomic E-state index is 12.0. The summed E-state index contributed by atoms with van der Waals surface area (Å²) in [4.78, 5) is 0.